The molecule has 3 rings (SSSR count). The van der Waals surface area contributed by atoms with E-state index in [1.807, 2.05) is 30.3 Å². The van der Waals surface area contributed by atoms with Crippen molar-refractivity contribution >= 4 is 5.91 Å². The van der Waals surface area contributed by atoms with E-state index in [2.05, 4.69) is 66.3 Å². The molecular weight excluding hydrogens is 468 g/mol. The lowest BCUT2D eigenvalue weighted by Gasteiger charge is -2.11. The molecule has 0 spiro atoms. The predicted octanol–water partition coefficient (Wildman–Crippen LogP) is 8.27. The molecule has 204 valence electrons. The molecular formula is C34H46N2O2. The lowest BCUT2D eigenvalue weighted by atomic mass is 9.98. The van der Waals surface area contributed by atoms with Crippen molar-refractivity contribution in [1.82, 2.24) is 10.8 Å². The van der Waals surface area contributed by atoms with Gasteiger partial charge in [0, 0.05) is 18.7 Å². The summed E-state index contributed by atoms with van der Waals surface area (Å²) in [6.45, 7) is 4.20. The second-order valence-corrected chi connectivity index (χ2v) is 10.1. The van der Waals surface area contributed by atoms with Gasteiger partial charge in [-0.2, -0.15) is 5.48 Å². The quantitative estimate of drug-likeness (QED) is 0.125. The van der Waals surface area contributed by atoms with Crippen molar-refractivity contribution < 1.29 is 9.63 Å². The van der Waals surface area contributed by atoms with Crippen LogP contribution in [0.15, 0.2) is 78.9 Å². The van der Waals surface area contributed by atoms with Crippen molar-refractivity contribution in [2.45, 2.75) is 84.1 Å². The fourth-order valence-electron chi connectivity index (χ4n) is 4.70. The predicted molar refractivity (Wildman–Crippen MR) is 159 cm³/mol. The lowest BCUT2D eigenvalue weighted by Crippen LogP contribution is -2.24. The Morgan fingerprint density at radius 3 is 2.05 bits per heavy atom. The number of carbonyl (C=O) groups excluding carboxylic acids is 1. The van der Waals surface area contributed by atoms with E-state index in [-0.39, 0.29) is 5.91 Å². The third-order valence-electron chi connectivity index (χ3n) is 6.99. The number of rotatable bonds is 19. The molecule has 0 bridgehead atoms. The van der Waals surface area contributed by atoms with E-state index < -0.39 is 0 Å². The normalized spacial score (nSPS) is 11.0. The number of amides is 1. The van der Waals surface area contributed by atoms with Gasteiger partial charge in [0.1, 0.15) is 0 Å². The number of hydrogen-bond acceptors (Lipinski definition) is 3. The van der Waals surface area contributed by atoms with Crippen LogP contribution < -0.4 is 10.8 Å². The topological polar surface area (TPSA) is 50.4 Å². The van der Waals surface area contributed by atoms with E-state index in [1.54, 1.807) is 0 Å². The van der Waals surface area contributed by atoms with Gasteiger partial charge < -0.3 is 10.2 Å². The summed E-state index contributed by atoms with van der Waals surface area (Å²) in [5, 5.41) is 3.06. The van der Waals surface area contributed by atoms with Crippen molar-refractivity contribution in [3.63, 3.8) is 0 Å². The Bertz CT molecular complexity index is 1030. The highest BCUT2D eigenvalue weighted by Gasteiger charge is 2.06. The number of unbranched alkanes of at least 4 members (excludes halogenated alkanes) is 9. The van der Waals surface area contributed by atoms with Gasteiger partial charge in [0.25, 0.3) is 5.91 Å². The van der Waals surface area contributed by atoms with E-state index in [0.717, 1.165) is 24.9 Å². The Hall–Kier alpha value is -2.95. The first kappa shape index (κ1) is 29.6. The van der Waals surface area contributed by atoms with Crippen LogP contribution in [0.25, 0.3) is 11.1 Å². The molecule has 3 aromatic rings. The van der Waals surface area contributed by atoms with Gasteiger partial charge in [-0.1, -0.05) is 131 Å². The third-order valence-corrected chi connectivity index (χ3v) is 6.99. The molecule has 0 atom stereocenters. The summed E-state index contributed by atoms with van der Waals surface area (Å²) >= 11 is 0. The molecule has 38 heavy (non-hydrogen) atoms. The van der Waals surface area contributed by atoms with E-state index in [1.165, 1.54) is 74.5 Å². The van der Waals surface area contributed by atoms with Crippen molar-refractivity contribution in [1.29, 1.82) is 0 Å². The number of hydroxylamine groups is 1. The first-order valence-electron chi connectivity index (χ1n) is 14.6. The van der Waals surface area contributed by atoms with E-state index >= 15 is 0 Å². The second-order valence-electron chi connectivity index (χ2n) is 10.1. The van der Waals surface area contributed by atoms with Crippen molar-refractivity contribution in [3.05, 3.63) is 95.6 Å². The Kier molecular flexibility index (Phi) is 14.3. The number of hydrogen-bond donors (Lipinski definition) is 2. The summed E-state index contributed by atoms with van der Waals surface area (Å²) in [6, 6.07) is 26.7. The molecule has 0 aliphatic heterocycles. The highest BCUT2D eigenvalue weighted by molar-refractivity contribution is 5.94. The first-order valence-corrected chi connectivity index (χ1v) is 14.6. The zero-order valence-corrected chi connectivity index (χ0v) is 23.2. The molecule has 0 fully saturated rings. The SMILES string of the molecule is CCCCCCCCCCCCNC(=O)c1ccc(CNOCCc2ccccc2-c2ccccc2)cc1. The summed E-state index contributed by atoms with van der Waals surface area (Å²) in [4.78, 5) is 18.1. The second kappa shape index (κ2) is 18.3. The first-order chi connectivity index (χ1) is 18.8. The molecule has 0 unspecified atom stereocenters. The highest BCUT2D eigenvalue weighted by Crippen LogP contribution is 2.23. The molecule has 4 heteroatoms. The minimum absolute atomic E-state index is 0.00812. The average Bonchev–Trinajstić information content (AvgIpc) is 2.96. The molecule has 0 aliphatic carbocycles. The summed E-state index contributed by atoms with van der Waals surface area (Å²) in [7, 11) is 0. The van der Waals surface area contributed by atoms with Crippen LogP contribution >= 0.6 is 0 Å². The molecule has 0 saturated carbocycles. The number of nitrogens with one attached hydrogen (secondary N) is 2. The molecule has 0 heterocycles. The van der Waals surface area contributed by atoms with Crippen molar-refractivity contribution in [2.75, 3.05) is 13.2 Å². The van der Waals surface area contributed by atoms with Gasteiger partial charge in [0.2, 0.25) is 0 Å². The van der Waals surface area contributed by atoms with Crippen LogP contribution in [0, 0.1) is 0 Å². The Labute approximate surface area is 230 Å². The van der Waals surface area contributed by atoms with Crippen molar-refractivity contribution in [3.8, 4) is 11.1 Å². The Balaban J connectivity index is 1.25. The van der Waals surface area contributed by atoms with Crippen LogP contribution in [0.5, 0.6) is 0 Å². The van der Waals surface area contributed by atoms with Crippen LogP contribution in [0.4, 0.5) is 0 Å². The molecule has 0 aliphatic rings. The molecule has 3 aromatic carbocycles. The maximum absolute atomic E-state index is 12.4. The largest absolute Gasteiger partial charge is 0.352 e. The van der Waals surface area contributed by atoms with Crippen LogP contribution in [-0.4, -0.2) is 19.1 Å². The highest BCUT2D eigenvalue weighted by atomic mass is 16.6. The van der Waals surface area contributed by atoms with Crippen LogP contribution in [-0.2, 0) is 17.8 Å². The smallest absolute Gasteiger partial charge is 0.251 e. The zero-order valence-electron chi connectivity index (χ0n) is 23.2. The molecule has 4 nitrogen and oxygen atoms in total. The van der Waals surface area contributed by atoms with Crippen LogP contribution in [0.1, 0.15) is 92.6 Å². The van der Waals surface area contributed by atoms with Crippen LogP contribution in [0.2, 0.25) is 0 Å². The molecule has 2 N–H and O–H groups in total. The Morgan fingerprint density at radius 2 is 1.34 bits per heavy atom. The third kappa shape index (κ3) is 11.2. The average molecular weight is 515 g/mol. The number of benzene rings is 3. The van der Waals surface area contributed by atoms with Gasteiger partial charge in [-0.3, -0.25) is 4.79 Å². The molecule has 0 saturated heterocycles. The maximum atomic E-state index is 12.4. The van der Waals surface area contributed by atoms with E-state index in [9.17, 15) is 4.79 Å². The maximum Gasteiger partial charge on any atom is 0.251 e. The van der Waals surface area contributed by atoms with E-state index in [0.29, 0.717) is 18.7 Å². The number of carbonyl (C=O) groups is 1. The molecule has 0 radical (unpaired) electrons. The fourth-order valence-corrected chi connectivity index (χ4v) is 4.70. The summed E-state index contributed by atoms with van der Waals surface area (Å²) in [5.74, 6) is 0.00812. The van der Waals surface area contributed by atoms with Gasteiger partial charge in [-0.05, 0) is 47.2 Å². The fraction of sp³-hybridized carbons (Fsp3) is 0.441. The summed E-state index contributed by atoms with van der Waals surface area (Å²) in [5.41, 5.74) is 8.59. The minimum Gasteiger partial charge on any atom is -0.352 e. The lowest BCUT2D eigenvalue weighted by molar-refractivity contribution is 0.0388. The van der Waals surface area contributed by atoms with Crippen LogP contribution in [0.3, 0.4) is 0 Å². The Morgan fingerprint density at radius 1 is 0.711 bits per heavy atom. The van der Waals surface area contributed by atoms with Crippen molar-refractivity contribution in [2.24, 2.45) is 0 Å². The summed E-state index contributed by atoms with van der Waals surface area (Å²) < 4.78 is 0. The van der Waals surface area contributed by atoms with E-state index in [4.69, 9.17) is 4.84 Å². The monoisotopic (exact) mass is 514 g/mol. The molecule has 0 aromatic heterocycles. The van der Waals surface area contributed by atoms with Gasteiger partial charge in [0.15, 0.2) is 0 Å². The molecule has 1 amide bonds. The van der Waals surface area contributed by atoms with Gasteiger partial charge in [-0.25, -0.2) is 0 Å². The zero-order chi connectivity index (χ0) is 26.7. The summed E-state index contributed by atoms with van der Waals surface area (Å²) in [6.07, 6.45) is 13.8. The van der Waals surface area contributed by atoms with Gasteiger partial charge in [0.05, 0.1) is 6.61 Å². The van der Waals surface area contributed by atoms with Gasteiger partial charge in [-0.15, -0.1) is 0 Å². The standard InChI is InChI=1S/C34H46N2O2/c1-2-3-4-5-6-7-8-9-10-16-26-35-34(37)32-23-21-29(22-24-32)28-36-38-27-25-31-19-14-15-20-33(31)30-17-12-11-13-18-30/h11-15,17-24,36H,2-10,16,25-28H2,1H3,(H,35,37). The minimum atomic E-state index is 0.00812. The van der Waals surface area contributed by atoms with Gasteiger partial charge >= 0.3 is 0 Å².